The number of benzene rings is 1. The van der Waals surface area contributed by atoms with Gasteiger partial charge in [-0.05, 0) is 50.8 Å². The van der Waals surface area contributed by atoms with Gasteiger partial charge < -0.3 is 5.32 Å². The second-order valence-corrected chi connectivity index (χ2v) is 4.69. The Morgan fingerprint density at radius 1 is 1.44 bits per heavy atom. The van der Waals surface area contributed by atoms with Crippen LogP contribution in [-0.2, 0) is 0 Å². The molecule has 0 saturated carbocycles. The minimum Gasteiger partial charge on any atom is -0.385 e. The van der Waals surface area contributed by atoms with Crippen molar-refractivity contribution in [3.05, 3.63) is 41.5 Å². The average Bonchev–Trinajstić information content (AvgIpc) is 2.26. The Morgan fingerprint density at radius 3 is 2.81 bits per heavy atom. The molecule has 0 aromatic heterocycles. The average molecular weight is 217 g/mol. The third-order valence-corrected chi connectivity index (χ3v) is 2.84. The highest BCUT2D eigenvalue weighted by Gasteiger charge is 2.02. The Hall–Kier alpha value is -1.24. The molecule has 0 aliphatic heterocycles. The first-order valence-corrected chi connectivity index (χ1v) is 6.04. The number of aryl methyl sites for hydroxylation is 1. The standard InChI is InChI=1S/C15H23N/c1-5-12(2)9-14(4)11-16-15-8-6-7-13(3)10-15/h5-8,10,14,16H,9,11H2,1-4H3/b12-5+. The summed E-state index contributed by atoms with van der Waals surface area (Å²) in [7, 11) is 0. The van der Waals surface area contributed by atoms with E-state index in [1.807, 2.05) is 0 Å². The molecule has 88 valence electrons. The van der Waals surface area contributed by atoms with E-state index in [4.69, 9.17) is 0 Å². The fourth-order valence-corrected chi connectivity index (χ4v) is 1.79. The van der Waals surface area contributed by atoms with Gasteiger partial charge in [-0.2, -0.15) is 0 Å². The Morgan fingerprint density at radius 2 is 2.19 bits per heavy atom. The number of hydrogen-bond acceptors (Lipinski definition) is 1. The molecule has 0 aliphatic carbocycles. The van der Waals surface area contributed by atoms with E-state index < -0.39 is 0 Å². The van der Waals surface area contributed by atoms with Crippen molar-refractivity contribution in [2.45, 2.75) is 34.1 Å². The highest BCUT2D eigenvalue weighted by Crippen LogP contribution is 2.14. The summed E-state index contributed by atoms with van der Waals surface area (Å²) in [6.07, 6.45) is 3.37. The van der Waals surface area contributed by atoms with Crippen LogP contribution in [0.25, 0.3) is 0 Å². The fraction of sp³-hybridized carbons (Fsp3) is 0.467. The van der Waals surface area contributed by atoms with E-state index in [9.17, 15) is 0 Å². The number of allylic oxidation sites excluding steroid dienone is 2. The summed E-state index contributed by atoms with van der Waals surface area (Å²) < 4.78 is 0. The van der Waals surface area contributed by atoms with Crippen LogP contribution in [0.5, 0.6) is 0 Å². The minimum atomic E-state index is 0.678. The third-order valence-electron chi connectivity index (χ3n) is 2.84. The first-order chi connectivity index (χ1) is 7.61. The molecular formula is C15H23N. The molecule has 0 radical (unpaired) electrons. The SMILES string of the molecule is C/C=C(\C)CC(C)CNc1cccc(C)c1. The Balaban J connectivity index is 2.40. The normalized spacial score (nSPS) is 13.6. The molecule has 1 unspecified atom stereocenters. The Kier molecular flexibility index (Phi) is 5.10. The van der Waals surface area contributed by atoms with Gasteiger partial charge in [-0.25, -0.2) is 0 Å². The quantitative estimate of drug-likeness (QED) is 0.721. The van der Waals surface area contributed by atoms with Gasteiger partial charge in [0.2, 0.25) is 0 Å². The first-order valence-electron chi connectivity index (χ1n) is 6.04. The van der Waals surface area contributed by atoms with Crippen LogP contribution < -0.4 is 5.32 Å². The molecule has 1 nitrogen and oxygen atoms in total. The van der Waals surface area contributed by atoms with Crippen LogP contribution in [0.4, 0.5) is 5.69 Å². The van der Waals surface area contributed by atoms with E-state index in [0.29, 0.717) is 5.92 Å². The number of rotatable bonds is 5. The van der Waals surface area contributed by atoms with Crippen molar-refractivity contribution < 1.29 is 0 Å². The van der Waals surface area contributed by atoms with Crippen molar-refractivity contribution >= 4 is 5.69 Å². The molecule has 1 aromatic carbocycles. The first kappa shape index (κ1) is 12.8. The largest absolute Gasteiger partial charge is 0.385 e. The van der Waals surface area contributed by atoms with Crippen LogP contribution in [0, 0.1) is 12.8 Å². The molecule has 1 rings (SSSR count). The zero-order valence-corrected chi connectivity index (χ0v) is 10.9. The molecule has 0 fully saturated rings. The van der Waals surface area contributed by atoms with Crippen molar-refractivity contribution in [2.75, 3.05) is 11.9 Å². The van der Waals surface area contributed by atoms with Gasteiger partial charge >= 0.3 is 0 Å². The van der Waals surface area contributed by atoms with Gasteiger partial charge in [-0.3, -0.25) is 0 Å². The second kappa shape index (κ2) is 6.37. The summed E-state index contributed by atoms with van der Waals surface area (Å²) >= 11 is 0. The zero-order valence-electron chi connectivity index (χ0n) is 10.9. The van der Waals surface area contributed by atoms with E-state index in [1.54, 1.807) is 0 Å². The van der Waals surface area contributed by atoms with Crippen LogP contribution >= 0.6 is 0 Å². The summed E-state index contributed by atoms with van der Waals surface area (Å²) in [5.41, 5.74) is 4.01. The monoisotopic (exact) mass is 217 g/mol. The predicted molar refractivity (Wildman–Crippen MR) is 72.9 cm³/mol. The lowest BCUT2D eigenvalue weighted by atomic mass is 10.0. The molecule has 1 heteroatoms. The summed E-state index contributed by atoms with van der Waals surface area (Å²) in [6.45, 7) is 9.75. The highest BCUT2D eigenvalue weighted by atomic mass is 14.9. The van der Waals surface area contributed by atoms with Gasteiger partial charge in [0.25, 0.3) is 0 Å². The van der Waals surface area contributed by atoms with E-state index in [-0.39, 0.29) is 0 Å². The van der Waals surface area contributed by atoms with Crippen molar-refractivity contribution in [3.63, 3.8) is 0 Å². The summed E-state index contributed by atoms with van der Waals surface area (Å²) in [6, 6.07) is 8.54. The molecular weight excluding hydrogens is 194 g/mol. The van der Waals surface area contributed by atoms with Crippen LogP contribution in [0.3, 0.4) is 0 Å². The maximum atomic E-state index is 3.49. The van der Waals surface area contributed by atoms with Crippen LogP contribution in [0.1, 0.15) is 32.8 Å². The fourth-order valence-electron chi connectivity index (χ4n) is 1.79. The van der Waals surface area contributed by atoms with Gasteiger partial charge in [-0.15, -0.1) is 0 Å². The Labute approximate surface area is 99.6 Å². The zero-order chi connectivity index (χ0) is 12.0. The van der Waals surface area contributed by atoms with Crippen LogP contribution in [0.2, 0.25) is 0 Å². The minimum absolute atomic E-state index is 0.678. The second-order valence-electron chi connectivity index (χ2n) is 4.69. The van der Waals surface area contributed by atoms with Crippen molar-refractivity contribution in [2.24, 2.45) is 5.92 Å². The lowest BCUT2D eigenvalue weighted by molar-refractivity contribution is 0.607. The molecule has 0 spiro atoms. The van der Waals surface area contributed by atoms with Gasteiger partial charge in [-0.1, -0.05) is 30.7 Å². The van der Waals surface area contributed by atoms with Gasteiger partial charge in [0.15, 0.2) is 0 Å². The van der Waals surface area contributed by atoms with Crippen LogP contribution in [-0.4, -0.2) is 6.54 Å². The van der Waals surface area contributed by atoms with Gasteiger partial charge in [0.05, 0.1) is 0 Å². The third kappa shape index (κ3) is 4.52. The molecule has 1 atom stereocenters. The van der Waals surface area contributed by atoms with Crippen molar-refractivity contribution in [1.29, 1.82) is 0 Å². The van der Waals surface area contributed by atoms with Gasteiger partial charge in [0.1, 0.15) is 0 Å². The van der Waals surface area contributed by atoms with E-state index in [2.05, 4.69) is 63.4 Å². The molecule has 16 heavy (non-hydrogen) atoms. The summed E-state index contributed by atoms with van der Waals surface area (Å²) in [4.78, 5) is 0. The van der Waals surface area contributed by atoms with E-state index >= 15 is 0 Å². The molecule has 1 N–H and O–H groups in total. The molecule has 1 aromatic rings. The molecule has 0 amide bonds. The molecule has 0 aliphatic rings. The lowest BCUT2D eigenvalue weighted by Gasteiger charge is -2.14. The number of nitrogens with one attached hydrogen (secondary N) is 1. The molecule has 0 bridgehead atoms. The Bertz CT molecular complexity index is 352. The van der Waals surface area contributed by atoms with Gasteiger partial charge in [0, 0.05) is 12.2 Å². The maximum absolute atomic E-state index is 3.49. The summed E-state index contributed by atoms with van der Waals surface area (Å²) in [5.74, 6) is 0.678. The van der Waals surface area contributed by atoms with Crippen molar-refractivity contribution in [3.8, 4) is 0 Å². The van der Waals surface area contributed by atoms with Crippen LogP contribution in [0.15, 0.2) is 35.9 Å². The number of anilines is 1. The topological polar surface area (TPSA) is 12.0 Å². The van der Waals surface area contributed by atoms with Crippen molar-refractivity contribution in [1.82, 2.24) is 0 Å². The smallest absolute Gasteiger partial charge is 0.0342 e. The lowest BCUT2D eigenvalue weighted by Crippen LogP contribution is -2.11. The summed E-state index contributed by atoms with van der Waals surface area (Å²) in [5, 5.41) is 3.49. The van der Waals surface area contributed by atoms with E-state index in [1.165, 1.54) is 23.2 Å². The molecule has 0 heterocycles. The highest BCUT2D eigenvalue weighted by molar-refractivity contribution is 5.45. The maximum Gasteiger partial charge on any atom is 0.0342 e. The molecule has 0 saturated heterocycles. The predicted octanol–water partition coefficient (Wildman–Crippen LogP) is 4.40. The number of hydrogen-bond donors (Lipinski definition) is 1. The van der Waals surface area contributed by atoms with E-state index in [0.717, 1.165) is 6.54 Å².